The monoisotopic (exact) mass is 210 g/mol. The average Bonchev–Trinajstić information content (AvgIpc) is 2.21. The van der Waals surface area contributed by atoms with E-state index in [4.69, 9.17) is 10.5 Å². The van der Waals surface area contributed by atoms with Crippen molar-refractivity contribution in [2.24, 2.45) is 0 Å². The summed E-state index contributed by atoms with van der Waals surface area (Å²) in [5.74, 6) is 0. The van der Waals surface area contributed by atoms with Gasteiger partial charge in [-0.25, -0.2) is 0 Å². The van der Waals surface area contributed by atoms with Crippen LogP contribution in [0.25, 0.3) is 0 Å². The van der Waals surface area contributed by atoms with Crippen LogP contribution in [0.15, 0.2) is 18.2 Å². The van der Waals surface area contributed by atoms with Crippen LogP contribution in [0.3, 0.4) is 0 Å². The van der Waals surface area contributed by atoms with Gasteiger partial charge in [-0.2, -0.15) is 0 Å². The Hall–Kier alpha value is -1.26. The molecule has 0 aliphatic rings. The van der Waals surface area contributed by atoms with E-state index >= 15 is 0 Å². The lowest BCUT2D eigenvalue weighted by molar-refractivity contribution is 0.0728. The molecule has 1 aromatic rings. The van der Waals surface area contributed by atoms with Crippen LogP contribution in [0.5, 0.6) is 0 Å². The van der Waals surface area contributed by atoms with Crippen LogP contribution in [-0.4, -0.2) is 31.5 Å². The number of hydrogen-bond donors (Lipinski definition) is 3. The summed E-state index contributed by atoms with van der Waals surface area (Å²) < 4.78 is 4.82. The van der Waals surface area contributed by atoms with Gasteiger partial charge in [0.2, 0.25) is 0 Å². The molecule has 84 valence electrons. The van der Waals surface area contributed by atoms with E-state index in [1.807, 2.05) is 25.1 Å². The lowest BCUT2D eigenvalue weighted by atomic mass is 10.1. The van der Waals surface area contributed by atoms with Crippen molar-refractivity contribution in [3.8, 4) is 0 Å². The summed E-state index contributed by atoms with van der Waals surface area (Å²) in [6.45, 7) is 2.70. The van der Waals surface area contributed by atoms with Crippen molar-refractivity contribution in [3.05, 3.63) is 23.8 Å². The standard InChI is InChI=1S/C11H18N2O2/c1-8-4-3-5-10(11(8)12)13-6-9(14)7-15-2/h3-5,9,13-14H,6-7,12H2,1-2H3. The number of rotatable bonds is 5. The lowest BCUT2D eigenvalue weighted by Gasteiger charge is -2.14. The van der Waals surface area contributed by atoms with Crippen LogP contribution in [0.1, 0.15) is 5.56 Å². The summed E-state index contributed by atoms with van der Waals surface area (Å²) >= 11 is 0. The zero-order valence-corrected chi connectivity index (χ0v) is 9.16. The fourth-order valence-corrected chi connectivity index (χ4v) is 1.31. The normalized spacial score (nSPS) is 12.5. The predicted molar refractivity (Wildman–Crippen MR) is 62.0 cm³/mol. The van der Waals surface area contributed by atoms with Crippen molar-refractivity contribution in [3.63, 3.8) is 0 Å². The summed E-state index contributed by atoms with van der Waals surface area (Å²) in [4.78, 5) is 0. The van der Waals surface area contributed by atoms with Crippen LogP contribution in [0.2, 0.25) is 0 Å². The van der Waals surface area contributed by atoms with Gasteiger partial charge in [0.1, 0.15) is 0 Å². The number of aliphatic hydroxyl groups excluding tert-OH is 1. The summed E-state index contributed by atoms with van der Waals surface area (Å²) in [5.41, 5.74) is 8.47. The number of nitrogens with one attached hydrogen (secondary N) is 1. The summed E-state index contributed by atoms with van der Waals surface area (Å²) in [7, 11) is 1.56. The molecule has 0 aliphatic carbocycles. The van der Waals surface area contributed by atoms with Crippen molar-refractivity contribution in [1.82, 2.24) is 0 Å². The fourth-order valence-electron chi connectivity index (χ4n) is 1.31. The molecule has 4 N–H and O–H groups in total. The van der Waals surface area contributed by atoms with Gasteiger partial charge in [-0.05, 0) is 18.6 Å². The Bertz CT molecular complexity index is 315. The lowest BCUT2D eigenvalue weighted by Crippen LogP contribution is -2.24. The van der Waals surface area contributed by atoms with E-state index < -0.39 is 6.10 Å². The molecule has 0 saturated carbocycles. The van der Waals surface area contributed by atoms with Crippen molar-refractivity contribution < 1.29 is 9.84 Å². The topological polar surface area (TPSA) is 67.5 Å². The molecule has 1 rings (SSSR count). The first kappa shape index (κ1) is 11.8. The number of benzene rings is 1. The van der Waals surface area contributed by atoms with Crippen molar-refractivity contribution in [2.45, 2.75) is 13.0 Å². The molecule has 0 fully saturated rings. The Labute approximate surface area is 90.1 Å². The van der Waals surface area contributed by atoms with Crippen molar-refractivity contribution >= 4 is 11.4 Å². The summed E-state index contributed by atoms with van der Waals surface area (Å²) in [6.07, 6.45) is -0.519. The third-order valence-electron chi connectivity index (χ3n) is 2.21. The van der Waals surface area contributed by atoms with E-state index in [-0.39, 0.29) is 0 Å². The quantitative estimate of drug-likeness (QED) is 0.634. The Morgan fingerprint density at radius 1 is 1.53 bits per heavy atom. The zero-order chi connectivity index (χ0) is 11.3. The number of para-hydroxylation sites is 1. The highest BCUT2D eigenvalue weighted by atomic mass is 16.5. The molecule has 0 aliphatic heterocycles. The van der Waals surface area contributed by atoms with Crippen LogP contribution >= 0.6 is 0 Å². The molecule has 0 aromatic heterocycles. The third-order valence-corrected chi connectivity index (χ3v) is 2.21. The minimum atomic E-state index is -0.519. The number of nitrogen functional groups attached to an aromatic ring is 1. The molecule has 0 radical (unpaired) electrons. The first-order valence-electron chi connectivity index (χ1n) is 4.91. The average molecular weight is 210 g/mol. The number of methoxy groups -OCH3 is 1. The van der Waals surface area contributed by atoms with Crippen LogP contribution in [0, 0.1) is 6.92 Å². The molecule has 0 bridgehead atoms. The molecule has 4 nitrogen and oxygen atoms in total. The number of anilines is 2. The molecule has 1 unspecified atom stereocenters. The molecule has 1 aromatic carbocycles. The Kier molecular flexibility index (Phi) is 4.39. The van der Waals surface area contributed by atoms with Crippen LogP contribution in [-0.2, 0) is 4.74 Å². The second-order valence-corrected chi connectivity index (χ2v) is 3.53. The maximum absolute atomic E-state index is 9.44. The van der Waals surface area contributed by atoms with Gasteiger partial charge >= 0.3 is 0 Å². The van der Waals surface area contributed by atoms with E-state index in [0.29, 0.717) is 13.2 Å². The molecule has 0 spiro atoms. The van der Waals surface area contributed by atoms with Gasteiger partial charge in [0.15, 0.2) is 0 Å². The number of ether oxygens (including phenoxy) is 1. The minimum Gasteiger partial charge on any atom is -0.397 e. The van der Waals surface area contributed by atoms with Gasteiger partial charge in [-0.1, -0.05) is 12.1 Å². The molecular weight excluding hydrogens is 192 g/mol. The molecular formula is C11H18N2O2. The highest BCUT2D eigenvalue weighted by molar-refractivity contribution is 5.69. The minimum absolute atomic E-state index is 0.318. The van der Waals surface area contributed by atoms with Crippen LogP contribution < -0.4 is 11.1 Å². The smallest absolute Gasteiger partial charge is 0.0945 e. The Balaban J connectivity index is 2.54. The van der Waals surface area contributed by atoms with Gasteiger partial charge in [-0.3, -0.25) is 0 Å². The Morgan fingerprint density at radius 2 is 2.27 bits per heavy atom. The summed E-state index contributed by atoms with van der Waals surface area (Å²) in [6, 6.07) is 5.77. The van der Waals surface area contributed by atoms with E-state index in [2.05, 4.69) is 5.32 Å². The molecule has 0 heterocycles. The van der Waals surface area contributed by atoms with E-state index in [0.717, 1.165) is 16.9 Å². The largest absolute Gasteiger partial charge is 0.397 e. The molecule has 0 amide bonds. The third kappa shape index (κ3) is 3.42. The molecule has 15 heavy (non-hydrogen) atoms. The van der Waals surface area contributed by atoms with E-state index in [1.54, 1.807) is 7.11 Å². The van der Waals surface area contributed by atoms with Crippen molar-refractivity contribution in [1.29, 1.82) is 0 Å². The highest BCUT2D eigenvalue weighted by Gasteiger charge is 2.05. The van der Waals surface area contributed by atoms with E-state index in [9.17, 15) is 5.11 Å². The second-order valence-electron chi connectivity index (χ2n) is 3.53. The zero-order valence-electron chi connectivity index (χ0n) is 9.16. The first-order valence-corrected chi connectivity index (χ1v) is 4.91. The van der Waals surface area contributed by atoms with Gasteiger partial charge < -0.3 is 20.9 Å². The first-order chi connectivity index (χ1) is 7.15. The van der Waals surface area contributed by atoms with Crippen molar-refractivity contribution in [2.75, 3.05) is 31.3 Å². The summed E-state index contributed by atoms with van der Waals surface area (Å²) in [5, 5.41) is 12.5. The van der Waals surface area contributed by atoms with Gasteiger partial charge in [0.05, 0.1) is 24.1 Å². The number of aryl methyl sites for hydroxylation is 1. The van der Waals surface area contributed by atoms with Gasteiger partial charge in [0, 0.05) is 13.7 Å². The number of aliphatic hydroxyl groups is 1. The molecule has 4 heteroatoms. The van der Waals surface area contributed by atoms with Gasteiger partial charge in [0.25, 0.3) is 0 Å². The highest BCUT2D eigenvalue weighted by Crippen LogP contribution is 2.21. The number of nitrogens with two attached hydrogens (primary N) is 1. The molecule has 1 atom stereocenters. The Morgan fingerprint density at radius 3 is 2.93 bits per heavy atom. The second kappa shape index (κ2) is 5.58. The fraction of sp³-hybridized carbons (Fsp3) is 0.455. The number of hydrogen-bond acceptors (Lipinski definition) is 4. The predicted octanol–water partition coefficient (Wildman–Crippen LogP) is 0.996. The van der Waals surface area contributed by atoms with E-state index in [1.165, 1.54) is 0 Å². The van der Waals surface area contributed by atoms with Gasteiger partial charge in [-0.15, -0.1) is 0 Å². The van der Waals surface area contributed by atoms with Crippen LogP contribution in [0.4, 0.5) is 11.4 Å². The SMILES string of the molecule is COCC(O)CNc1cccc(C)c1N. The maximum atomic E-state index is 9.44. The molecule has 0 saturated heterocycles. The maximum Gasteiger partial charge on any atom is 0.0945 e.